The molecule has 0 N–H and O–H groups in total. The molecule has 1 fully saturated rings. The standard InChI is InChI=1S/C14H27BrS/c1-3-13(2)10-16-12-14(11-15)8-6-4-5-7-9-14/h13H,3-12H2,1-2H3. The Bertz CT molecular complexity index is 174. The molecule has 0 radical (unpaired) electrons. The van der Waals surface area contributed by atoms with Crippen molar-refractivity contribution in [3.63, 3.8) is 0 Å². The molecule has 0 aromatic rings. The summed E-state index contributed by atoms with van der Waals surface area (Å²) in [5.41, 5.74) is 0.620. The van der Waals surface area contributed by atoms with Crippen LogP contribution in [0.1, 0.15) is 58.8 Å². The predicted octanol–water partition coefficient (Wildman–Crippen LogP) is 5.50. The van der Waals surface area contributed by atoms with Gasteiger partial charge in [-0.2, -0.15) is 11.8 Å². The van der Waals surface area contributed by atoms with Crippen LogP contribution in [0.2, 0.25) is 0 Å². The van der Waals surface area contributed by atoms with E-state index in [0.717, 1.165) is 5.92 Å². The second-order valence-electron chi connectivity index (χ2n) is 5.58. The van der Waals surface area contributed by atoms with Crippen LogP contribution in [0.3, 0.4) is 0 Å². The highest BCUT2D eigenvalue weighted by molar-refractivity contribution is 9.09. The number of hydrogen-bond donors (Lipinski definition) is 0. The van der Waals surface area contributed by atoms with Crippen molar-refractivity contribution in [2.24, 2.45) is 11.3 Å². The topological polar surface area (TPSA) is 0 Å². The molecule has 0 bridgehead atoms. The second kappa shape index (κ2) is 8.02. The van der Waals surface area contributed by atoms with E-state index in [-0.39, 0.29) is 0 Å². The largest absolute Gasteiger partial charge is 0.161 e. The Labute approximate surface area is 114 Å². The van der Waals surface area contributed by atoms with Crippen molar-refractivity contribution in [2.75, 3.05) is 16.8 Å². The van der Waals surface area contributed by atoms with Gasteiger partial charge in [-0.1, -0.05) is 61.9 Å². The zero-order chi connectivity index (χ0) is 11.9. The molecule has 0 saturated heterocycles. The minimum Gasteiger partial charge on any atom is -0.161 e. The molecule has 0 nitrogen and oxygen atoms in total. The Morgan fingerprint density at radius 3 is 2.31 bits per heavy atom. The third-order valence-electron chi connectivity index (χ3n) is 3.96. The molecule has 0 aromatic carbocycles. The fraction of sp³-hybridized carbons (Fsp3) is 1.00. The van der Waals surface area contributed by atoms with E-state index in [2.05, 4.69) is 41.5 Å². The van der Waals surface area contributed by atoms with Gasteiger partial charge in [0.2, 0.25) is 0 Å². The summed E-state index contributed by atoms with van der Waals surface area (Å²) in [5, 5.41) is 1.22. The molecule has 0 aromatic heterocycles. The van der Waals surface area contributed by atoms with Crippen molar-refractivity contribution in [3.05, 3.63) is 0 Å². The normalized spacial score (nSPS) is 22.7. The molecule has 1 aliphatic carbocycles. The fourth-order valence-corrected chi connectivity index (χ4v) is 4.99. The lowest BCUT2D eigenvalue weighted by molar-refractivity contribution is 0.334. The quantitative estimate of drug-likeness (QED) is 0.461. The summed E-state index contributed by atoms with van der Waals surface area (Å²) in [6.07, 6.45) is 10.1. The Balaban J connectivity index is 2.33. The van der Waals surface area contributed by atoms with E-state index in [1.807, 2.05) is 0 Å². The summed E-state index contributed by atoms with van der Waals surface area (Å²) in [4.78, 5) is 0. The molecule has 0 aliphatic heterocycles. The molecule has 96 valence electrons. The average Bonchev–Trinajstić information content (AvgIpc) is 2.55. The SMILES string of the molecule is CCC(C)CSCC1(CBr)CCCCCC1. The number of thioether (sulfide) groups is 1. The van der Waals surface area contributed by atoms with E-state index in [0.29, 0.717) is 5.41 Å². The first-order valence-corrected chi connectivity index (χ1v) is 9.14. The van der Waals surface area contributed by atoms with Crippen molar-refractivity contribution in [2.45, 2.75) is 58.8 Å². The van der Waals surface area contributed by atoms with Gasteiger partial charge >= 0.3 is 0 Å². The lowest BCUT2D eigenvalue weighted by Crippen LogP contribution is -2.25. The summed E-state index contributed by atoms with van der Waals surface area (Å²) in [6.45, 7) is 4.68. The van der Waals surface area contributed by atoms with Crippen molar-refractivity contribution in [3.8, 4) is 0 Å². The Morgan fingerprint density at radius 1 is 1.19 bits per heavy atom. The minimum atomic E-state index is 0.620. The second-order valence-corrected chi connectivity index (χ2v) is 7.17. The summed E-state index contributed by atoms with van der Waals surface area (Å²) in [6, 6.07) is 0. The zero-order valence-electron chi connectivity index (χ0n) is 10.9. The van der Waals surface area contributed by atoms with Crippen LogP contribution in [0.5, 0.6) is 0 Å². The van der Waals surface area contributed by atoms with E-state index < -0.39 is 0 Å². The maximum absolute atomic E-state index is 3.77. The van der Waals surface area contributed by atoms with Gasteiger partial charge in [0.1, 0.15) is 0 Å². The van der Waals surface area contributed by atoms with E-state index >= 15 is 0 Å². The summed E-state index contributed by atoms with van der Waals surface area (Å²) in [5.74, 6) is 3.62. The van der Waals surface area contributed by atoms with Crippen LogP contribution in [0.25, 0.3) is 0 Å². The molecule has 16 heavy (non-hydrogen) atoms. The first kappa shape index (κ1) is 14.9. The average molecular weight is 307 g/mol. The summed E-state index contributed by atoms with van der Waals surface area (Å²) in [7, 11) is 0. The van der Waals surface area contributed by atoms with Crippen LogP contribution >= 0.6 is 27.7 Å². The van der Waals surface area contributed by atoms with Gasteiger partial charge < -0.3 is 0 Å². The maximum atomic E-state index is 3.77. The van der Waals surface area contributed by atoms with Crippen molar-refractivity contribution >= 4 is 27.7 Å². The predicted molar refractivity (Wildman–Crippen MR) is 80.7 cm³/mol. The fourth-order valence-electron chi connectivity index (χ4n) is 2.39. The summed E-state index contributed by atoms with van der Waals surface area (Å²) >= 11 is 5.97. The lowest BCUT2D eigenvalue weighted by Gasteiger charge is -2.30. The molecule has 1 atom stereocenters. The molecule has 0 spiro atoms. The van der Waals surface area contributed by atoms with Gasteiger partial charge in [-0.3, -0.25) is 0 Å². The molecule has 0 heterocycles. The van der Waals surface area contributed by atoms with E-state index in [4.69, 9.17) is 0 Å². The highest BCUT2D eigenvalue weighted by Gasteiger charge is 2.29. The molecule has 0 amide bonds. The zero-order valence-corrected chi connectivity index (χ0v) is 13.3. The van der Waals surface area contributed by atoms with E-state index in [9.17, 15) is 0 Å². The first-order valence-electron chi connectivity index (χ1n) is 6.86. The molecule has 1 aliphatic rings. The van der Waals surface area contributed by atoms with Gasteiger partial charge in [0.15, 0.2) is 0 Å². The summed E-state index contributed by atoms with van der Waals surface area (Å²) < 4.78 is 0. The van der Waals surface area contributed by atoms with Crippen LogP contribution in [-0.2, 0) is 0 Å². The van der Waals surface area contributed by atoms with Gasteiger partial charge in [0.05, 0.1) is 0 Å². The highest BCUT2D eigenvalue weighted by Crippen LogP contribution is 2.39. The third kappa shape index (κ3) is 5.00. The van der Waals surface area contributed by atoms with Crippen molar-refractivity contribution in [1.29, 1.82) is 0 Å². The molecule has 1 unspecified atom stereocenters. The van der Waals surface area contributed by atoms with Crippen LogP contribution < -0.4 is 0 Å². The molecular weight excluding hydrogens is 280 g/mol. The van der Waals surface area contributed by atoms with Crippen LogP contribution in [0.4, 0.5) is 0 Å². The van der Waals surface area contributed by atoms with Crippen LogP contribution in [-0.4, -0.2) is 16.8 Å². The van der Waals surface area contributed by atoms with E-state index in [1.165, 1.54) is 61.8 Å². The van der Waals surface area contributed by atoms with Crippen LogP contribution in [0, 0.1) is 11.3 Å². The molecule has 1 saturated carbocycles. The Kier molecular flexibility index (Phi) is 7.47. The number of hydrogen-bond acceptors (Lipinski definition) is 1. The van der Waals surface area contributed by atoms with Crippen molar-refractivity contribution < 1.29 is 0 Å². The van der Waals surface area contributed by atoms with Gasteiger partial charge in [0, 0.05) is 5.33 Å². The number of alkyl halides is 1. The number of rotatable bonds is 6. The monoisotopic (exact) mass is 306 g/mol. The van der Waals surface area contributed by atoms with Gasteiger partial charge in [-0.15, -0.1) is 0 Å². The smallest absolute Gasteiger partial charge is 0.00958 e. The Hall–Kier alpha value is 0.830. The van der Waals surface area contributed by atoms with E-state index in [1.54, 1.807) is 0 Å². The van der Waals surface area contributed by atoms with Gasteiger partial charge in [-0.25, -0.2) is 0 Å². The molecular formula is C14H27BrS. The van der Waals surface area contributed by atoms with Crippen LogP contribution in [0.15, 0.2) is 0 Å². The molecule has 1 rings (SSSR count). The lowest BCUT2D eigenvalue weighted by atomic mass is 9.85. The number of halogens is 1. The van der Waals surface area contributed by atoms with Crippen molar-refractivity contribution in [1.82, 2.24) is 0 Å². The first-order chi connectivity index (χ1) is 7.72. The third-order valence-corrected chi connectivity index (χ3v) is 6.77. The molecule has 2 heteroatoms. The Morgan fingerprint density at radius 2 is 1.81 bits per heavy atom. The maximum Gasteiger partial charge on any atom is 0.00958 e. The minimum absolute atomic E-state index is 0.620. The van der Waals surface area contributed by atoms with Gasteiger partial charge in [0.25, 0.3) is 0 Å². The van der Waals surface area contributed by atoms with Gasteiger partial charge in [-0.05, 0) is 35.7 Å². The highest BCUT2D eigenvalue weighted by atomic mass is 79.9.